The fraction of sp³-hybridized carbons (Fsp3) is 0.380. The number of carbonyl (C=O) groups is 2. The number of allylic oxidation sites excluding steroid dienone is 3. The molecule has 12 atom stereocenters. The molecule has 2 saturated heterocycles. The second-order valence-corrected chi connectivity index (χ2v) is 18.4. The monoisotopic (exact) mass is 993 g/mol. The Balaban J connectivity index is 1.27. The summed E-state index contributed by atoms with van der Waals surface area (Å²) in [4.78, 5) is 45.4. The minimum absolute atomic E-state index is 0.0569. The predicted molar refractivity (Wildman–Crippen MR) is 244 cm³/mol. The first kappa shape index (κ1) is 48.4. The zero-order valence-corrected chi connectivity index (χ0v) is 37.8. The molecule has 2 spiro atoms. The fourth-order valence-corrected chi connectivity index (χ4v) is 10.3. The van der Waals surface area contributed by atoms with Crippen LogP contribution in [0.2, 0.25) is 0 Å². The number of dihydropyridines is 1. The average molecular weight is 994 g/mol. The van der Waals surface area contributed by atoms with Gasteiger partial charge < -0.3 is 95.6 Å². The summed E-state index contributed by atoms with van der Waals surface area (Å²) in [6.07, 6.45) is -11.0. The molecule has 0 radical (unpaired) electrons. The molecule has 22 nitrogen and oxygen atoms in total. The van der Waals surface area contributed by atoms with Crippen LogP contribution in [-0.2, 0) is 36.6 Å². The highest BCUT2D eigenvalue weighted by Crippen LogP contribution is 2.56. The highest BCUT2D eigenvalue weighted by molar-refractivity contribution is 5.90. The number of phenols is 3. The van der Waals surface area contributed by atoms with Crippen LogP contribution in [0.3, 0.4) is 0 Å². The van der Waals surface area contributed by atoms with E-state index in [2.05, 4.69) is 34.0 Å². The number of hydrogen-bond acceptors (Lipinski definition) is 20. The number of aliphatic hydroxyl groups excluding tert-OH is 6. The normalized spacial score (nSPS) is 33.6. The van der Waals surface area contributed by atoms with Crippen molar-refractivity contribution in [2.45, 2.75) is 111 Å². The van der Waals surface area contributed by atoms with Gasteiger partial charge in [0.25, 0.3) is 11.4 Å². The highest BCUT2D eigenvalue weighted by Gasteiger charge is 2.75. The van der Waals surface area contributed by atoms with Gasteiger partial charge in [-0.15, -0.1) is 0 Å². The van der Waals surface area contributed by atoms with Crippen molar-refractivity contribution in [2.24, 2.45) is 5.73 Å². The molecule has 376 valence electrons. The number of phenolic OH excluding ortho intramolecular Hbond substituents is 3. The Morgan fingerprint density at radius 1 is 0.972 bits per heavy atom. The number of benzene rings is 2. The van der Waals surface area contributed by atoms with E-state index < -0.39 is 131 Å². The summed E-state index contributed by atoms with van der Waals surface area (Å²) in [6.45, 7) is 1.43. The molecule has 7 aliphatic rings. The number of ether oxygens (including phenoxy) is 4. The van der Waals surface area contributed by atoms with Gasteiger partial charge >= 0.3 is 11.9 Å². The number of aromatic nitrogens is 1. The molecule has 72 heavy (non-hydrogen) atoms. The number of carboxylic acids is 1. The molecule has 11 rings (SSSR count). The zero-order valence-electron chi connectivity index (χ0n) is 37.8. The van der Waals surface area contributed by atoms with Crippen molar-refractivity contribution in [3.63, 3.8) is 0 Å². The van der Waals surface area contributed by atoms with E-state index in [4.69, 9.17) is 29.1 Å². The van der Waals surface area contributed by atoms with E-state index in [1.165, 1.54) is 12.1 Å². The Bertz CT molecular complexity index is 3260. The van der Waals surface area contributed by atoms with Gasteiger partial charge in [0.1, 0.15) is 58.2 Å². The fourth-order valence-electron chi connectivity index (χ4n) is 10.3. The molecule has 6 aliphatic heterocycles. The lowest BCUT2D eigenvalue weighted by Gasteiger charge is -2.57. The lowest BCUT2D eigenvalue weighted by atomic mass is 9.67. The van der Waals surface area contributed by atoms with Gasteiger partial charge in [-0.25, -0.2) is 9.59 Å². The third-order valence-electron chi connectivity index (χ3n) is 14.3. The van der Waals surface area contributed by atoms with Crippen molar-refractivity contribution in [3.05, 3.63) is 104 Å². The van der Waals surface area contributed by atoms with E-state index in [0.717, 1.165) is 18.2 Å². The van der Waals surface area contributed by atoms with Crippen LogP contribution >= 0.6 is 0 Å². The second-order valence-electron chi connectivity index (χ2n) is 18.4. The number of fused-ring (bicyclic) bond motifs is 6. The third kappa shape index (κ3) is 7.03. The number of aromatic hydroxyl groups is 3. The quantitative estimate of drug-likeness (QED) is 0.0481. The van der Waals surface area contributed by atoms with Gasteiger partial charge in [-0.05, 0) is 42.2 Å². The van der Waals surface area contributed by atoms with Crippen LogP contribution in [0.25, 0.3) is 22.3 Å². The summed E-state index contributed by atoms with van der Waals surface area (Å²) in [7, 11) is 0. The molecule has 2 aromatic heterocycles. The lowest BCUT2D eigenvalue weighted by Crippen LogP contribution is -2.80. The standard InChI is InChI=1S/C50H47N3O19/c1-2-21-13-25(20-53-43(21)51)27-16-26-17-28-22(6-11-52-28)5-3-9-48(67)41(62)42(63)50(26,72-49(48)10-4-8-47(45(64)65)40(61)38(59)39(60)44(71-47)69-46(49)66)70-33-19-32-35(37(58)34(27)33)29(55)18-31(68-32)24-14-23(7-12-54)36(57)30(56)15-24/h6,11,13-16,18-20,27,38-44,52-54,56-63,67H,2,7,9-10,12,17,51H2,1H3,(H,64,65). The average Bonchev–Trinajstić information content (AvgIpc) is 3.75. The van der Waals surface area contributed by atoms with Crippen molar-refractivity contribution in [1.82, 2.24) is 10.3 Å². The summed E-state index contributed by atoms with van der Waals surface area (Å²) in [6, 6.07) is 6.24. The molecule has 2 aromatic carbocycles. The largest absolute Gasteiger partial charge is 0.507 e. The molecule has 2 fully saturated rings. The number of aliphatic hydroxyl groups is 7. The minimum Gasteiger partial charge on any atom is -0.507 e. The number of H-pyrrole nitrogens is 1. The van der Waals surface area contributed by atoms with Crippen LogP contribution < -0.4 is 21.2 Å². The number of aliphatic carboxylic acids is 1. The van der Waals surface area contributed by atoms with E-state index in [-0.39, 0.29) is 51.8 Å². The van der Waals surface area contributed by atoms with Crippen LogP contribution in [0.5, 0.6) is 23.0 Å². The summed E-state index contributed by atoms with van der Waals surface area (Å²) in [5.74, 6) is -0.0591. The Hall–Kier alpha value is -7.19. The van der Waals surface area contributed by atoms with Crippen LogP contribution in [-0.4, -0.2) is 145 Å². The van der Waals surface area contributed by atoms with Gasteiger partial charge in [0, 0.05) is 83.4 Å². The van der Waals surface area contributed by atoms with Gasteiger partial charge in [0.2, 0.25) is 11.9 Å². The van der Waals surface area contributed by atoms with E-state index in [0.29, 0.717) is 28.8 Å². The maximum Gasteiger partial charge on any atom is 0.351 e. The summed E-state index contributed by atoms with van der Waals surface area (Å²) in [5.41, 5.74) is -2.48. The van der Waals surface area contributed by atoms with E-state index in [1.807, 2.05) is 6.92 Å². The number of nitrogens with two attached hydrogens (primary N) is 1. The van der Waals surface area contributed by atoms with Gasteiger partial charge in [-0.3, -0.25) is 4.79 Å². The first-order valence-electron chi connectivity index (χ1n) is 22.7. The lowest BCUT2D eigenvalue weighted by molar-refractivity contribution is -0.378. The maximum absolute atomic E-state index is 15.2. The van der Waals surface area contributed by atoms with Gasteiger partial charge in [0.05, 0.1) is 12.6 Å². The molecule has 4 aromatic rings. The van der Waals surface area contributed by atoms with E-state index in [1.54, 1.807) is 24.5 Å². The summed E-state index contributed by atoms with van der Waals surface area (Å²) >= 11 is 0. The van der Waals surface area contributed by atoms with Crippen molar-refractivity contribution in [3.8, 4) is 58.0 Å². The van der Waals surface area contributed by atoms with Gasteiger partial charge in [-0.2, -0.15) is 0 Å². The maximum atomic E-state index is 15.2. The van der Waals surface area contributed by atoms with Crippen LogP contribution in [0.4, 0.5) is 0 Å². The molecule has 15 N–H and O–H groups in total. The Morgan fingerprint density at radius 3 is 2.49 bits per heavy atom. The topological polar surface area (TPSA) is 378 Å². The zero-order chi connectivity index (χ0) is 51.4. The number of nitrogens with one attached hydrogen (secondary N) is 2. The number of hydrogen-bond donors (Lipinski definition) is 14. The number of carboxylic acid groups (broad SMARTS) is 1. The molecule has 8 heterocycles. The first-order chi connectivity index (χ1) is 34.2. The van der Waals surface area contributed by atoms with Crippen molar-refractivity contribution < 1.29 is 89.1 Å². The Kier molecular flexibility index (Phi) is 11.6. The minimum atomic E-state index is -3.15. The van der Waals surface area contributed by atoms with E-state index >= 15 is 4.79 Å². The molecule has 12 unspecified atom stereocenters. The third-order valence-corrected chi connectivity index (χ3v) is 14.3. The Morgan fingerprint density at radius 2 is 1.75 bits per heavy atom. The number of rotatable bonds is 6. The van der Waals surface area contributed by atoms with Crippen LogP contribution in [0.1, 0.15) is 54.5 Å². The molecule has 0 amide bonds. The SMILES string of the molecule is CCC1=CC(C2C=C3Cc4[nH]ccc4C#CCC4(O)C(O)C(O)C3(Oc3cc5oc(-c6cc(O)c(O)c(CCO)c6)cc(=O)c5c(O)c32)OC42CC#CC3(C(=O)O)OC(OC2=O)C(O)C(O)C3O)=CNC1N. The smallest absolute Gasteiger partial charge is 0.351 e. The number of esters is 1. The van der Waals surface area contributed by atoms with Gasteiger partial charge in [-0.1, -0.05) is 42.8 Å². The molecule has 0 saturated carbocycles. The van der Waals surface area contributed by atoms with Crippen molar-refractivity contribution in [1.29, 1.82) is 0 Å². The Labute approximate surface area is 406 Å². The van der Waals surface area contributed by atoms with Crippen LogP contribution in [0, 0.1) is 23.7 Å². The van der Waals surface area contributed by atoms with Crippen molar-refractivity contribution >= 4 is 22.9 Å². The van der Waals surface area contributed by atoms with Crippen molar-refractivity contribution in [2.75, 3.05) is 6.61 Å². The molecular formula is C50H47N3O19. The molecule has 4 bridgehead atoms. The second kappa shape index (κ2) is 17.2. The first-order valence-corrected chi connectivity index (χ1v) is 22.7. The van der Waals surface area contributed by atoms with E-state index in [9.17, 15) is 65.8 Å². The highest BCUT2D eigenvalue weighted by atomic mass is 16.8. The number of carbonyl (C=O) groups excluding carboxylic acids is 1. The predicted octanol–water partition coefficient (Wildman–Crippen LogP) is -0.921. The van der Waals surface area contributed by atoms with Gasteiger partial charge in [0.15, 0.2) is 23.0 Å². The molecule has 22 heteroatoms. The van der Waals surface area contributed by atoms with Crippen LogP contribution in [0.15, 0.2) is 80.8 Å². The number of aromatic amines is 1. The summed E-state index contributed by atoms with van der Waals surface area (Å²) in [5, 5.41) is 128. The molecule has 1 aliphatic carbocycles. The summed E-state index contributed by atoms with van der Waals surface area (Å²) < 4.78 is 31.0. The molecular weight excluding hydrogens is 947 g/mol.